The Morgan fingerprint density at radius 3 is 2.48 bits per heavy atom. The van der Waals surface area contributed by atoms with Crippen LogP contribution < -0.4 is 5.32 Å². The first kappa shape index (κ1) is 18.3. The van der Waals surface area contributed by atoms with Crippen molar-refractivity contribution >= 4 is 29.1 Å². The Labute approximate surface area is 144 Å². The van der Waals surface area contributed by atoms with Crippen LogP contribution in [0.2, 0.25) is 0 Å². The molecule has 0 saturated carbocycles. The number of amides is 3. The fraction of sp³-hybridized carbons (Fsp3) is 0.353. The summed E-state index contributed by atoms with van der Waals surface area (Å²) in [6.07, 6.45) is 4.53. The second kappa shape index (κ2) is 8.18. The van der Waals surface area contributed by atoms with Crippen LogP contribution in [-0.2, 0) is 14.4 Å². The van der Waals surface area contributed by atoms with Crippen molar-refractivity contribution in [3.63, 3.8) is 0 Å². The highest BCUT2D eigenvalue weighted by Gasteiger charge is 2.22. The summed E-state index contributed by atoms with van der Waals surface area (Å²) in [5.41, 5.74) is 0.789. The quantitative estimate of drug-likeness (QED) is 0.336. The van der Waals surface area contributed by atoms with Crippen LogP contribution in [0.1, 0.15) is 31.2 Å². The van der Waals surface area contributed by atoms with E-state index in [0.29, 0.717) is 25.8 Å². The van der Waals surface area contributed by atoms with E-state index in [-0.39, 0.29) is 35.5 Å². The standard InChI is InChI=1S/C17H19N3O5/c1-12-6-7-13(14(11-12)20(24)25)18-15(21)5-3-2-4-10-19-16(22)8-9-17(19)23/h6-9,11H,2-5,10H2,1H3,(H,18,21). The number of imide groups is 1. The van der Waals surface area contributed by atoms with Crippen LogP contribution in [0.4, 0.5) is 11.4 Å². The number of nitro benzene ring substituents is 1. The zero-order chi connectivity index (χ0) is 18.4. The number of nitrogens with zero attached hydrogens (tertiary/aromatic N) is 2. The summed E-state index contributed by atoms with van der Waals surface area (Å²) in [4.78, 5) is 46.3. The van der Waals surface area contributed by atoms with Gasteiger partial charge in [0.1, 0.15) is 5.69 Å². The Bertz CT molecular complexity index is 724. The largest absolute Gasteiger partial charge is 0.320 e. The van der Waals surface area contributed by atoms with Crippen LogP contribution in [0.25, 0.3) is 0 Å². The Hall–Kier alpha value is -3.03. The molecule has 1 heterocycles. The summed E-state index contributed by atoms with van der Waals surface area (Å²) in [5.74, 6) is -0.925. The zero-order valence-corrected chi connectivity index (χ0v) is 13.9. The molecular weight excluding hydrogens is 326 g/mol. The molecule has 132 valence electrons. The van der Waals surface area contributed by atoms with E-state index in [1.54, 1.807) is 13.0 Å². The Morgan fingerprint density at radius 2 is 1.84 bits per heavy atom. The van der Waals surface area contributed by atoms with E-state index in [4.69, 9.17) is 0 Å². The minimum absolute atomic E-state index is 0.132. The fourth-order valence-electron chi connectivity index (χ4n) is 2.49. The molecule has 1 aromatic rings. The number of benzene rings is 1. The Kier molecular flexibility index (Phi) is 5.99. The van der Waals surface area contributed by atoms with Gasteiger partial charge >= 0.3 is 0 Å². The highest BCUT2D eigenvalue weighted by atomic mass is 16.6. The molecule has 0 spiro atoms. The first-order valence-electron chi connectivity index (χ1n) is 7.97. The van der Waals surface area contributed by atoms with Gasteiger partial charge in [0, 0.05) is 31.2 Å². The van der Waals surface area contributed by atoms with Gasteiger partial charge in [-0.25, -0.2) is 0 Å². The Morgan fingerprint density at radius 1 is 1.16 bits per heavy atom. The van der Waals surface area contributed by atoms with Gasteiger partial charge in [-0.1, -0.05) is 12.5 Å². The molecular formula is C17H19N3O5. The summed E-state index contributed by atoms with van der Waals surface area (Å²) in [7, 11) is 0. The van der Waals surface area contributed by atoms with Gasteiger partial charge in [-0.05, 0) is 31.4 Å². The van der Waals surface area contributed by atoms with Crippen LogP contribution in [0.5, 0.6) is 0 Å². The zero-order valence-electron chi connectivity index (χ0n) is 13.9. The van der Waals surface area contributed by atoms with Crippen molar-refractivity contribution in [1.29, 1.82) is 0 Å². The lowest BCUT2D eigenvalue weighted by Crippen LogP contribution is -2.30. The predicted octanol–water partition coefficient (Wildman–Crippen LogP) is 2.33. The van der Waals surface area contributed by atoms with Crippen molar-refractivity contribution in [3.8, 4) is 0 Å². The molecule has 0 aliphatic carbocycles. The first-order valence-corrected chi connectivity index (χ1v) is 7.97. The summed E-state index contributed by atoms with van der Waals surface area (Å²) in [6, 6.07) is 4.62. The molecule has 1 aliphatic heterocycles. The molecule has 0 unspecified atom stereocenters. The van der Waals surface area contributed by atoms with Gasteiger partial charge < -0.3 is 5.32 Å². The average Bonchev–Trinajstić information content (AvgIpc) is 2.87. The Balaban J connectivity index is 1.74. The van der Waals surface area contributed by atoms with Crippen LogP contribution >= 0.6 is 0 Å². The van der Waals surface area contributed by atoms with Crippen LogP contribution in [0, 0.1) is 17.0 Å². The van der Waals surface area contributed by atoms with Crippen LogP contribution in [0.3, 0.4) is 0 Å². The molecule has 1 aromatic carbocycles. The van der Waals surface area contributed by atoms with Gasteiger partial charge in [0.15, 0.2) is 0 Å². The minimum atomic E-state index is -0.527. The van der Waals surface area contributed by atoms with Crippen molar-refractivity contribution in [2.75, 3.05) is 11.9 Å². The number of nitro groups is 1. The molecule has 0 aromatic heterocycles. The third-order valence-corrected chi connectivity index (χ3v) is 3.81. The maximum atomic E-state index is 11.9. The minimum Gasteiger partial charge on any atom is -0.320 e. The molecule has 2 rings (SSSR count). The number of unbranched alkanes of at least 4 members (excludes halogenated alkanes) is 2. The molecule has 0 saturated heterocycles. The molecule has 1 aliphatic rings. The van der Waals surface area contributed by atoms with E-state index in [2.05, 4.69) is 5.32 Å². The number of carbonyl (C=O) groups is 3. The molecule has 0 atom stereocenters. The molecule has 0 radical (unpaired) electrons. The SMILES string of the molecule is Cc1ccc(NC(=O)CCCCCN2C(=O)C=CC2=O)c([N+](=O)[O-])c1. The maximum absolute atomic E-state index is 11.9. The van der Waals surface area contributed by atoms with E-state index in [1.807, 2.05) is 0 Å². The lowest BCUT2D eigenvalue weighted by atomic mass is 10.1. The highest BCUT2D eigenvalue weighted by Crippen LogP contribution is 2.25. The summed E-state index contributed by atoms with van der Waals surface area (Å²) < 4.78 is 0. The van der Waals surface area contributed by atoms with Crippen molar-refractivity contribution in [3.05, 3.63) is 46.0 Å². The molecule has 0 fully saturated rings. The second-order valence-electron chi connectivity index (χ2n) is 5.80. The van der Waals surface area contributed by atoms with Gasteiger partial charge in [0.2, 0.25) is 5.91 Å². The smallest absolute Gasteiger partial charge is 0.293 e. The lowest BCUT2D eigenvalue weighted by molar-refractivity contribution is -0.384. The third-order valence-electron chi connectivity index (χ3n) is 3.81. The number of hydrogen-bond donors (Lipinski definition) is 1. The monoisotopic (exact) mass is 345 g/mol. The summed E-state index contributed by atoms with van der Waals surface area (Å²) in [6.45, 7) is 2.07. The number of nitrogens with one attached hydrogen (secondary N) is 1. The number of hydrogen-bond acceptors (Lipinski definition) is 5. The van der Waals surface area contributed by atoms with Gasteiger partial charge in [0.05, 0.1) is 4.92 Å². The third kappa shape index (κ3) is 4.97. The molecule has 8 heteroatoms. The maximum Gasteiger partial charge on any atom is 0.293 e. The molecule has 3 amide bonds. The van der Waals surface area contributed by atoms with Crippen LogP contribution in [-0.4, -0.2) is 34.1 Å². The topological polar surface area (TPSA) is 110 Å². The predicted molar refractivity (Wildman–Crippen MR) is 90.8 cm³/mol. The second-order valence-corrected chi connectivity index (χ2v) is 5.80. The van der Waals surface area contributed by atoms with E-state index >= 15 is 0 Å². The van der Waals surface area contributed by atoms with Gasteiger partial charge in [-0.2, -0.15) is 0 Å². The van der Waals surface area contributed by atoms with Crippen molar-refractivity contribution < 1.29 is 19.3 Å². The van der Waals surface area contributed by atoms with Gasteiger partial charge in [-0.3, -0.25) is 29.4 Å². The van der Waals surface area contributed by atoms with Crippen molar-refractivity contribution in [2.45, 2.75) is 32.6 Å². The number of aryl methyl sites for hydroxylation is 1. The lowest BCUT2D eigenvalue weighted by Gasteiger charge is -2.13. The first-order chi connectivity index (χ1) is 11.9. The summed E-state index contributed by atoms with van der Waals surface area (Å²) in [5, 5.41) is 13.6. The number of anilines is 1. The normalized spacial score (nSPS) is 13.4. The summed E-state index contributed by atoms with van der Waals surface area (Å²) >= 11 is 0. The number of carbonyl (C=O) groups excluding carboxylic acids is 3. The van der Waals surface area contributed by atoms with E-state index in [9.17, 15) is 24.5 Å². The molecule has 1 N–H and O–H groups in total. The van der Waals surface area contributed by atoms with Gasteiger partial charge in [-0.15, -0.1) is 0 Å². The van der Waals surface area contributed by atoms with Gasteiger partial charge in [0.25, 0.3) is 17.5 Å². The number of rotatable bonds is 8. The van der Waals surface area contributed by atoms with E-state index in [0.717, 1.165) is 10.5 Å². The average molecular weight is 345 g/mol. The molecule has 8 nitrogen and oxygen atoms in total. The molecule has 0 bridgehead atoms. The van der Waals surface area contributed by atoms with Crippen molar-refractivity contribution in [2.24, 2.45) is 0 Å². The van der Waals surface area contributed by atoms with E-state index in [1.165, 1.54) is 24.3 Å². The van der Waals surface area contributed by atoms with Crippen LogP contribution in [0.15, 0.2) is 30.4 Å². The fourth-order valence-corrected chi connectivity index (χ4v) is 2.49. The molecule has 25 heavy (non-hydrogen) atoms. The van der Waals surface area contributed by atoms with Crippen molar-refractivity contribution in [1.82, 2.24) is 4.90 Å². The highest BCUT2D eigenvalue weighted by molar-refractivity contribution is 6.12. The van der Waals surface area contributed by atoms with E-state index < -0.39 is 4.92 Å².